The van der Waals surface area contributed by atoms with E-state index in [1.807, 2.05) is 46.1 Å². The molecule has 1 aromatic heterocycles. The first kappa shape index (κ1) is 20.1. The fourth-order valence-electron chi connectivity index (χ4n) is 3.39. The molecule has 2 aliphatic rings. The van der Waals surface area contributed by atoms with E-state index >= 15 is 0 Å². The van der Waals surface area contributed by atoms with Gasteiger partial charge in [0, 0.05) is 25.0 Å². The van der Waals surface area contributed by atoms with Crippen LogP contribution in [-0.2, 0) is 22.6 Å². The number of piperidine rings is 1. The molecular weight excluding hydrogens is 366 g/mol. The topological polar surface area (TPSA) is 95.7 Å². The monoisotopic (exact) mass is 395 g/mol. The van der Waals surface area contributed by atoms with Gasteiger partial charge in [-0.15, -0.1) is 10.2 Å². The molecule has 2 aliphatic heterocycles. The van der Waals surface area contributed by atoms with Crippen LogP contribution in [-0.4, -0.2) is 59.5 Å². The van der Waals surface area contributed by atoms with Gasteiger partial charge >= 0.3 is 6.09 Å². The quantitative estimate of drug-likeness (QED) is 0.681. The predicted octanol–water partition coefficient (Wildman–Crippen LogP) is 2.56. The minimum absolute atomic E-state index is 0.259. The first-order valence-electron chi connectivity index (χ1n) is 9.29. The third-order valence-electron chi connectivity index (χ3n) is 4.87. The van der Waals surface area contributed by atoms with Crippen molar-refractivity contribution in [1.82, 2.24) is 19.7 Å². The van der Waals surface area contributed by atoms with Crippen molar-refractivity contribution in [2.45, 2.75) is 71.3 Å². The second-order valence-electron chi connectivity index (χ2n) is 9.33. The normalized spacial score (nSPS) is 22.2. The maximum Gasteiger partial charge on any atom is 0.410 e. The van der Waals surface area contributed by atoms with Crippen LogP contribution in [0.15, 0.2) is 10.7 Å². The highest BCUT2D eigenvalue weighted by molar-refractivity contribution is 7.91. The summed E-state index contributed by atoms with van der Waals surface area (Å²) < 4.78 is 24.3. The number of aromatic nitrogens is 3. The number of fused-ring (bicyclic) bond motifs is 1. The number of ether oxygens (including phenoxy) is 1. The molecule has 1 atom stereocenters. The van der Waals surface area contributed by atoms with Crippen molar-refractivity contribution in [2.75, 3.05) is 13.1 Å². The molecule has 27 heavy (non-hydrogen) atoms. The highest BCUT2D eigenvalue weighted by Gasteiger charge is 2.49. The first-order chi connectivity index (χ1) is 12.4. The maximum atomic E-state index is 12.7. The lowest BCUT2D eigenvalue weighted by atomic mass is 9.76. The summed E-state index contributed by atoms with van der Waals surface area (Å²) in [6, 6.07) is 0. The van der Waals surface area contributed by atoms with E-state index in [1.54, 1.807) is 11.2 Å². The predicted molar refractivity (Wildman–Crippen MR) is 104 cm³/mol. The molecule has 8 nitrogen and oxygen atoms in total. The summed E-state index contributed by atoms with van der Waals surface area (Å²) in [6.07, 6.45) is 2.87. The Balaban J connectivity index is 1.81. The van der Waals surface area contributed by atoms with Gasteiger partial charge in [-0.25, -0.2) is 4.79 Å². The van der Waals surface area contributed by atoms with E-state index in [-0.39, 0.29) is 11.5 Å². The van der Waals surface area contributed by atoms with E-state index < -0.39 is 21.7 Å². The van der Waals surface area contributed by atoms with E-state index in [1.165, 1.54) is 0 Å². The minimum atomic E-state index is -1.38. The van der Waals surface area contributed by atoms with Gasteiger partial charge in [-0.2, -0.15) is 0 Å². The fourth-order valence-corrected chi connectivity index (χ4v) is 4.10. The van der Waals surface area contributed by atoms with Crippen LogP contribution in [0.25, 0.3) is 0 Å². The van der Waals surface area contributed by atoms with Gasteiger partial charge in [0.15, 0.2) is 5.82 Å². The van der Waals surface area contributed by atoms with E-state index in [4.69, 9.17) is 4.74 Å². The smallest absolute Gasteiger partial charge is 0.410 e. The lowest BCUT2D eigenvalue weighted by Gasteiger charge is -2.39. The number of amides is 1. The Labute approximate surface area is 163 Å². The summed E-state index contributed by atoms with van der Waals surface area (Å²) >= 11 is -1.38. The molecule has 1 amide bonds. The van der Waals surface area contributed by atoms with E-state index in [0.29, 0.717) is 25.5 Å². The van der Waals surface area contributed by atoms with Gasteiger partial charge in [-0.1, -0.05) is 4.40 Å². The second kappa shape index (κ2) is 6.77. The average molecular weight is 396 g/mol. The molecule has 0 bridgehead atoms. The van der Waals surface area contributed by atoms with E-state index in [9.17, 15) is 9.35 Å². The molecule has 9 heteroatoms. The zero-order valence-corrected chi connectivity index (χ0v) is 17.8. The zero-order valence-electron chi connectivity index (χ0n) is 17.0. The Morgan fingerprint density at radius 2 is 1.89 bits per heavy atom. The van der Waals surface area contributed by atoms with Crippen LogP contribution in [0.2, 0.25) is 0 Å². The van der Waals surface area contributed by atoms with Crippen LogP contribution < -0.4 is 0 Å². The Hall–Kier alpha value is -1.61. The molecule has 0 saturated carbocycles. The number of hydrogen-bond acceptors (Lipinski definition) is 6. The van der Waals surface area contributed by atoms with Crippen LogP contribution >= 0.6 is 0 Å². The highest BCUT2D eigenvalue weighted by Crippen LogP contribution is 2.42. The molecule has 0 radical (unpaired) electrons. The molecule has 1 unspecified atom stereocenters. The maximum absolute atomic E-state index is 12.7. The Morgan fingerprint density at radius 3 is 2.44 bits per heavy atom. The van der Waals surface area contributed by atoms with Gasteiger partial charge in [0.05, 0.1) is 0 Å². The molecule has 1 spiro atoms. The highest BCUT2D eigenvalue weighted by atomic mass is 32.2. The summed E-state index contributed by atoms with van der Waals surface area (Å²) in [5, 5.41) is 8.18. The third kappa shape index (κ3) is 4.13. The standard InChI is InChI=1S/C18H29N5O3S/c1-16(2,3)26-15(24)22-9-7-18(8-10-22)11-23-12-19-20-14(23)13(18)21-27(25)17(4,5)6/h12H,7-11H2,1-6H3. The molecule has 1 saturated heterocycles. The average Bonchev–Trinajstić information content (AvgIpc) is 3.07. The van der Waals surface area contributed by atoms with Crippen molar-refractivity contribution in [3.8, 4) is 0 Å². The lowest BCUT2D eigenvalue weighted by Crippen LogP contribution is -2.48. The largest absolute Gasteiger partial charge is 0.591 e. The summed E-state index contributed by atoms with van der Waals surface area (Å²) in [5.41, 5.74) is -0.00822. The van der Waals surface area contributed by atoms with Crippen molar-refractivity contribution in [2.24, 2.45) is 9.81 Å². The van der Waals surface area contributed by atoms with Gasteiger partial charge in [0.2, 0.25) is 0 Å². The molecule has 3 heterocycles. The molecule has 3 rings (SSSR count). The van der Waals surface area contributed by atoms with Crippen LogP contribution in [0.3, 0.4) is 0 Å². The Morgan fingerprint density at radius 1 is 1.26 bits per heavy atom. The van der Waals surface area contributed by atoms with Gasteiger partial charge in [-0.05, 0) is 54.4 Å². The first-order valence-corrected chi connectivity index (χ1v) is 10.4. The molecule has 1 aromatic rings. The fraction of sp³-hybridized carbons (Fsp3) is 0.778. The van der Waals surface area contributed by atoms with E-state index in [2.05, 4.69) is 14.6 Å². The van der Waals surface area contributed by atoms with Crippen LogP contribution in [0.5, 0.6) is 0 Å². The number of carbonyl (C=O) groups is 1. The molecule has 150 valence electrons. The Kier molecular flexibility index (Phi) is 5.05. The van der Waals surface area contributed by atoms with Crippen molar-refractivity contribution in [1.29, 1.82) is 0 Å². The van der Waals surface area contributed by atoms with Crippen molar-refractivity contribution >= 4 is 23.2 Å². The zero-order chi connectivity index (χ0) is 20.0. The van der Waals surface area contributed by atoms with Crippen molar-refractivity contribution in [3.63, 3.8) is 0 Å². The minimum Gasteiger partial charge on any atom is -0.591 e. The third-order valence-corrected chi connectivity index (χ3v) is 6.27. The summed E-state index contributed by atoms with van der Waals surface area (Å²) in [5.74, 6) is 0.693. The number of nitrogens with zero attached hydrogens (tertiary/aromatic N) is 5. The SMILES string of the molecule is CC(C)(C)OC(=O)N1CCC2(CC1)Cn1cnnc1C2=N[S+]([O-])C(C)(C)C. The summed E-state index contributed by atoms with van der Waals surface area (Å²) in [7, 11) is 0. The molecule has 1 fully saturated rings. The van der Waals surface area contributed by atoms with Crippen LogP contribution in [0.1, 0.15) is 60.2 Å². The van der Waals surface area contributed by atoms with Gasteiger partial charge in [0.25, 0.3) is 0 Å². The molecule has 0 aromatic carbocycles. The summed E-state index contributed by atoms with van der Waals surface area (Å²) in [4.78, 5) is 14.1. The number of likely N-dealkylation sites (tertiary alicyclic amines) is 1. The van der Waals surface area contributed by atoms with Gasteiger partial charge in [0.1, 0.15) is 33.7 Å². The molecule has 0 aliphatic carbocycles. The van der Waals surface area contributed by atoms with Crippen LogP contribution in [0, 0.1) is 5.41 Å². The van der Waals surface area contributed by atoms with Crippen molar-refractivity contribution < 1.29 is 14.1 Å². The molecule has 0 N–H and O–H groups in total. The molecular formula is C18H29N5O3S. The number of carbonyl (C=O) groups excluding carboxylic acids is 1. The van der Waals surface area contributed by atoms with Gasteiger partial charge in [-0.3, -0.25) is 0 Å². The van der Waals surface area contributed by atoms with Gasteiger partial charge < -0.3 is 18.8 Å². The van der Waals surface area contributed by atoms with Crippen LogP contribution in [0.4, 0.5) is 4.79 Å². The second-order valence-corrected chi connectivity index (χ2v) is 11.2. The number of rotatable bonds is 1. The Bertz CT molecular complexity index is 739. The lowest BCUT2D eigenvalue weighted by molar-refractivity contribution is 0.0151. The number of hydrogen-bond donors (Lipinski definition) is 0. The van der Waals surface area contributed by atoms with Crippen molar-refractivity contribution in [3.05, 3.63) is 12.2 Å². The van der Waals surface area contributed by atoms with E-state index in [0.717, 1.165) is 18.6 Å². The summed E-state index contributed by atoms with van der Waals surface area (Å²) in [6.45, 7) is 13.2.